The van der Waals surface area contributed by atoms with Crippen LogP contribution >= 0.6 is 0 Å². The molecule has 5 heteroatoms. The molecule has 0 radical (unpaired) electrons. The summed E-state index contributed by atoms with van der Waals surface area (Å²) in [6, 6.07) is 2.62. The van der Waals surface area contributed by atoms with Crippen molar-refractivity contribution in [1.82, 2.24) is 15.8 Å². The number of guanidine groups is 1. The Morgan fingerprint density at radius 3 is 2.79 bits per heavy atom. The van der Waals surface area contributed by atoms with Crippen molar-refractivity contribution in [1.29, 1.82) is 0 Å². The molecule has 2 fully saturated rings. The predicted molar refractivity (Wildman–Crippen MR) is 97.0 cm³/mol. The highest BCUT2D eigenvalue weighted by atomic mass is 16.5. The van der Waals surface area contributed by atoms with Crippen LogP contribution in [-0.4, -0.2) is 23.7 Å². The van der Waals surface area contributed by atoms with Crippen molar-refractivity contribution in [3.63, 3.8) is 0 Å². The second kappa shape index (κ2) is 8.04. The molecule has 5 nitrogen and oxygen atoms in total. The molecule has 3 rings (SSSR count). The molecule has 0 spiro atoms. The fourth-order valence-electron chi connectivity index (χ4n) is 3.79. The molecule has 2 aliphatic carbocycles. The molecule has 134 valence electrons. The van der Waals surface area contributed by atoms with E-state index in [-0.39, 0.29) is 0 Å². The van der Waals surface area contributed by atoms with E-state index in [4.69, 9.17) is 4.52 Å². The molecule has 0 saturated heterocycles. The monoisotopic (exact) mass is 332 g/mol. The zero-order valence-corrected chi connectivity index (χ0v) is 15.3. The van der Waals surface area contributed by atoms with Gasteiger partial charge in [-0.05, 0) is 31.1 Å². The lowest BCUT2D eigenvalue weighted by Crippen LogP contribution is -2.39. The van der Waals surface area contributed by atoms with Crippen molar-refractivity contribution >= 4 is 5.96 Å². The van der Waals surface area contributed by atoms with Crippen LogP contribution in [0.15, 0.2) is 15.6 Å². The van der Waals surface area contributed by atoms with Crippen LogP contribution in [0.3, 0.4) is 0 Å². The number of hydrogen-bond acceptors (Lipinski definition) is 3. The van der Waals surface area contributed by atoms with Gasteiger partial charge in [0.1, 0.15) is 6.54 Å². The number of nitrogens with one attached hydrogen (secondary N) is 2. The van der Waals surface area contributed by atoms with E-state index in [2.05, 4.69) is 41.6 Å². The standard InChI is InChI=1S/C19H32N4O/c1-4-20-19(21-12-15-10-17(13(2)3)23-24-15)22-18-11-16(18)14-8-6-5-7-9-14/h10,13-14,16,18H,4-9,11-12H2,1-3H3,(H2,20,21,22). The van der Waals surface area contributed by atoms with Crippen LogP contribution in [0.4, 0.5) is 0 Å². The van der Waals surface area contributed by atoms with E-state index in [1.165, 1.54) is 38.5 Å². The lowest BCUT2D eigenvalue weighted by atomic mass is 9.85. The van der Waals surface area contributed by atoms with Gasteiger partial charge in [0.2, 0.25) is 0 Å². The number of nitrogens with zero attached hydrogens (tertiary/aromatic N) is 2. The molecule has 1 aromatic heterocycles. The molecule has 0 aromatic carbocycles. The minimum atomic E-state index is 0.389. The zero-order chi connectivity index (χ0) is 16.9. The van der Waals surface area contributed by atoms with Crippen molar-refractivity contribution in [3.05, 3.63) is 17.5 Å². The van der Waals surface area contributed by atoms with Gasteiger partial charge in [-0.15, -0.1) is 0 Å². The van der Waals surface area contributed by atoms with Crippen LogP contribution in [0.25, 0.3) is 0 Å². The lowest BCUT2D eigenvalue weighted by molar-refractivity contribution is 0.315. The van der Waals surface area contributed by atoms with Crippen LogP contribution in [0.2, 0.25) is 0 Å². The molecule has 24 heavy (non-hydrogen) atoms. The van der Waals surface area contributed by atoms with Gasteiger partial charge in [-0.2, -0.15) is 0 Å². The molecule has 2 N–H and O–H groups in total. The maximum atomic E-state index is 5.38. The van der Waals surface area contributed by atoms with Gasteiger partial charge in [-0.3, -0.25) is 0 Å². The maximum absolute atomic E-state index is 5.38. The van der Waals surface area contributed by atoms with Crippen molar-refractivity contribution in [3.8, 4) is 0 Å². The van der Waals surface area contributed by atoms with Crippen molar-refractivity contribution < 1.29 is 4.52 Å². The van der Waals surface area contributed by atoms with Gasteiger partial charge in [-0.25, -0.2) is 4.99 Å². The van der Waals surface area contributed by atoms with E-state index in [1.54, 1.807) is 0 Å². The molecule has 2 unspecified atom stereocenters. The Bertz CT molecular complexity index is 545. The Balaban J connectivity index is 1.52. The number of aliphatic imine (C=N–C) groups is 1. The lowest BCUT2D eigenvalue weighted by Gasteiger charge is -2.22. The molecule has 2 atom stereocenters. The topological polar surface area (TPSA) is 62.5 Å². The van der Waals surface area contributed by atoms with Gasteiger partial charge in [0.15, 0.2) is 11.7 Å². The largest absolute Gasteiger partial charge is 0.359 e. The van der Waals surface area contributed by atoms with E-state index < -0.39 is 0 Å². The van der Waals surface area contributed by atoms with Crippen LogP contribution in [0, 0.1) is 11.8 Å². The van der Waals surface area contributed by atoms with E-state index in [0.717, 1.165) is 35.8 Å². The molecule has 0 amide bonds. The second-order valence-corrected chi connectivity index (χ2v) is 7.62. The summed E-state index contributed by atoms with van der Waals surface area (Å²) in [7, 11) is 0. The highest BCUT2D eigenvalue weighted by Crippen LogP contribution is 2.44. The van der Waals surface area contributed by atoms with E-state index >= 15 is 0 Å². The van der Waals surface area contributed by atoms with Crippen molar-refractivity contribution in [2.45, 2.75) is 77.8 Å². The Hall–Kier alpha value is -1.52. The summed E-state index contributed by atoms with van der Waals surface area (Å²) in [5.41, 5.74) is 0.998. The first-order valence-electron chi connectivity index (χ1n) is 9.67. The summed E-state index contributed by atoms with van der Waals surface area (Å²) in [6.45, 7) is 7.76. The fourth-order valence-corrected chi connectivity index (χ4v) is 3.79. The average Bonchev–Trinajstić information content (AvgIpc) is 3.18. The highest BCUT2D eigenvalue weighted by Gasteiger charge is 2.43. The molecule has 0 aliphatic heterocycles. The third kappa shape index (κ3) is 4.52. The molecule has 0 bridgehead atoms. The summed E-state index contributed by atoms with van der Waals surface area (Å²) in [5.74, 6) is 3.91. The minimum absolute atomic E-state index is 0.389. The predicted octanol–water partition coefficient (Wildman–Crippen LogP) is 3.82. The van der Waals surface area contributed by atoms with Gasteiger partial charge in [0.25, 0.3) is 0 Å². The minimum Gasteiger partial charge on any atom is -0.359 e. The summed E-state index contributed by atoms with van der Waals surface area (Å²) in [4.78, 5) is 4.68. The Morgan fingerprint density at radius 1 is 1.33 bits per heavy atom. The highest BCUT2D eigenvalue weighted by molar-refractivity contribution is 5.80. The van der Waals surface area contributed by atoms with Crippen LogP contribution in [-0.2, 0) is 6.54 Å². The van der Waals surface area contributed by atoms with Crippen LogP contribution in [0.1, 0.15) is 76.7 Å². The summed E-state index contributed by atoms with van der Waals surface area (Å²) < 4.78 is 5.38. The summed E-state index contributed by atoms with van der Waals surface area (Å²) >= 11 is 0. The molecular weight excluding hydrogens is 300 g/mol. The van der Waals surface area contributed by atoms with Crippen LogP contribution < -0.4 is 10.6 Å². The first-order valence-corrected chi connectivity index (χ1v) is 9.67. The average molecular weight is 332 g/mol. The maximum Gasteiger partial charge on any atom is 0.191 e. The van der Waals surface area contributed by atoms with Gasteiger partial charge in [-0.1, -0.05) is 51.1 Å². The summed E-state index contributed by atoms with van der Waals surface area (Å²) in [6.07, 6.45) is 8.42. The first kappa shape index (κ1) is 17.3. The Morgan fingerprint density at radius 2 is 2.12 bits per heavy atom. The molecule has 1 aromatic rings. The normalized spacial score (nSPS) is 25.1. The summed E-state index contributed by atoms with van der Waals surface area (Å²) in [5, 5.41) is 11.1. The Labute approximate surface area is 145 Å². The Kier molecular flexibility index (Phi) is 5.80. The second-order valence-electron chi connectivity index (χ2n) is 7.62. The number of hydrogen-bond donors (Lipinski definition) is 2. The molecule has 2 aliphatic rings. The van der Waals surface area contributed by atoms with E-state index in [9.17, 15) is 0 Å². The van der Waals surface area contributed by atoms with Gasteiger partial charge < -0.3 is 15.2 Å². The van der Waals surface area contributed by atoms with E-state index in [1.807, 2.05) is 6.07 Å². The van der Waals surface area contributed by atoms with E-state index in [0.29, 0.717) is 18.5 Å². The quantitative estimate of drug-likeness (QED) is 0.614. The third-order valence-corrected chi connectivity index (χ3v) is 5.32. The van der Waals surface area contributed by atoms with Crippen LogP contribution in [0.5, 0.6) is 0 Å². The first-order chi connectivity index (χ1) is 11.7. The van der Waals surface area contributed by atoms with Crippen molar-refractivity contribution in [2.75, 3.05) is 6.54 Å². The fraction of sp³-hybridized carbons (Fsp3) is 0.789. The zero-order valence-electron chi connectivity index (χ0n) is 15.3. The third-order valence-electron chi connectivity index (χ3n) is 5.32. The van der Waals surface area contributed by atoms with Gasteiger partial charge >= 0.3 is 0 Å². The smallest absolute Gasteiger partial charge is 0.191 e. The molecular formula is C19H32N4O. The SMILES string of the molecule is CCNC(=NCc1cc(C(C)C)no1)NC1CC1C1CCCCC1. The van der Waals surface area contributed by atoms with Gasteiger partial charge in [0, 0.05) is 18.7 Å². The molecule has 1 heterocycles. The molecule has 2 saturated carbocycles. The van der Waals surface area contributed by atoms with Crippen molar-refractivity contribution in [2.24, 2.45) is 16.8 Å². The number of aromatic nitrogens is 1. The number of rotatable bonds is 6. The van der Waals surface area contributed by atoms with Gasteiger partial charge in [0.05, 0.1) is 5.69 Å².